The second-order valence-corrected chi connectivity index (χ2v) is 5.78. The Hall–Kier alpha value is -2.13. The molecular formula is C19H23NO2. The van der Waals surface area contributed by atoms with E-state index in [2.05, 4.69) is 37.4 Å². The van der Waals surface area contributed by atoms with Crippen molar-refractivity contribution in [2.24, 2.45) is 0 Å². The first-order valence-electron chi connectivity index (χ1n) is 7.60. The summed E-state index contributed by atoms with van der Waals surface area (Å²) in [6.07, 6.45) is 0.847. The number of carboxylic acids is 1. The lowest BCUT2D eigenvalue weighted by Crippen LogP contribution is -2.33. The van der Waals surface area contributed by atoms with E-state index in [1.807, 2.05) is 30.3 Å². The molecule has 0 aliphatic heterocycles. The van der Waals surface area contributed by atoms with Crippen molar-refractivity contribution in [2.75, 3.05) is 0 Å². The molecule has 0 aromatic heterocycles. The van der Waals surface area contributed by atoms with Gasteiger partial charge in [0.15, 0.2) is 0 Å². The Bertz CT molecular complexity index is 623. The number of benzene rings is 2. The molecule has 2 N–H and O–H groups in total. The number of hydrogen-bond acceptors (Lipinski definition) is 2. The molecule has 0 aliphatic carbocycles. The first kappa shape index (κ1) is 16.2. The maximum atomic E-state index is 11.1. The highest BCUT2D eigenvalue weighted by atomic mass is 16.4. The zero-order valence-corrected chi connectivity index (χ0v) is 13.2. The first-order valence-corrected chi connectivity index (χ1v) is 7.60. The van der Waals surface area contributed by atoms with Crippen molar-refractivity contribution in [3.8, 4) is 0 Å². The van der Waals surface area contributed by atoms with E-state index in [9.17, 15) is 4.79 Å². The number of nitrogens with one attached hydrogen (secondary N) is 1. The summed E-state index contributed by atoms with van der Waals surface area (Å²) >= 11 is 0. The van der Waals surface area contributed by atoms with Gasteiger partial charge in [-0.2, -0.15) is 0 Å². The van der Waals surface area contributed by atoms with Crippen LogP contribution in [0.4, 0.5) is 0 Å². The van der Waals surface area contributed by atoms with Crippen molar-refractivity contribution >= 4 is 5.97 Å². The number of carbonyl (C=O) groups is 1. The molecular weight excluding hydrogens is 274 g/mol. The zero-order chi connectivity index (χ0) is 15.9. The summed E-state index contributed by atoms with van der Waals surface area (Å²) in [4.78, 5) is 11.1. The molecule has 0 bridgehead atoms. The van der Waals surface area contributed by atoms with Gasteiger partial charge >= 0.3 is 5.97 Å². The van der Waals surface area contributed by atoms with Crippen molar-refractivity contribution in [3.63, 3.8) is 0 Å². The van der Waals surface area contributed by atoms with Crippen LogP contribution in [0.15, 0.2) is 48.5 Å². The normalized spacial score (nSPS) is 12.1. The maximum absolute atomic E-state index is 11.1. The smallest absolute Gasteiger partial charge is 0.304 e. The van der Waals surface area contributed by atoms with Crippen molar-refractivity contribution in [2.45, 2.75) is 39.3 Å². The van der Waals surface area contributed by atoms with Crippen LogP contribution in [-0.4, -0.2) is 17.1 Å². The van der Waals surface area contributed by atoms with E-state index in [1.165, 1.54) is 16.7 Å². The lowest BCUT2D eigenvalue weighted by molar-refractivity contribution is -0.137. The zero-order valence-electron chi connectivity index (χ0n) is 13.2. The second kappa shape index (κ2) is 7.76. The lowest BCUT2D eigenvalue weighted by atomic mass is 9.99. The van der Waals surface area contributed by atoms with Gasteiger partial charge in [-0.05, 0) is 42.5 Å². The Balaban J connectivity index is 2.02. The van der Waals surface area contributed by atoms with Gasteiger partial charge in [-0.25, -0.2) is 0 Å². The van der Waals surface area contributed by atoms with Crippen LogP contribution in [0, 0.1) is 13.8 Å². The maximum Gasteiger partial charge on any atom is 0.304 e. The summed E-state index contributed by atoms with van der Waals surface area (Å²) in [5.41, 5.74) is 4.85. The Kier molecular flexibility index (Phi) is 5.73. The Morgan fingerprint density at radius 2 is 1.77 bits per heavy atom. The van der Waals surface area contributed by atoms with Crippen LogP contribution in [0.3, 0.4) is 0 Å². The highest BCUT2D eigenvalue weighted by Crippen LogP contribution is 2.13. The van der Waals surface area contributed by atoms with Gasteiger partial charge in [-0.3, -0.25) is 4.79 Å². The van der Waals surface area contributed by atoms with E-state index in [1.54, 1.807) is 0 Å². The van der Waals surface area contributed by atoms with Crippen molar-refractivity contribution < 1.29 is 9.90 Å². The molecule has 2 aromatic rings. The van der Waals surface area contributed by atoms with Crippen molar-refractivity contribution in [3.05, 3.63) is 70.8 Å². The fourth-order valence-electron chi connectivity index (χ4n) is 2.50. The average molecular weight is 297 g/mol. The molecule has 3 nitrogen and oxygen atoms in total. The summed E-state index contributed by atoms with van der Waals surface area (Å²) in [6, 6.07) is 16.3. The number of hydrogen-bond donors (Lipinski definition) is 2. The highest BCUT2D eigenvalue weighted by Gasteiger charge is 2.14. The van der Waals surface area contributed by atoms with E-state index in [-0.39, 0.29) is 12.5 Å². The van der Waals surface area contributed by atoms with E-state index in [0.29, 0.717) is 6.54 Å². The summed E-state index contributed by atoms with van der Waals surface area (Å²) in [5, 5.41) is 12.5. The average Bonchev–Trinajstić information content (AvgIpc) is 2.49. The predicted octanol–water partition coefficient (Wildman–Crippen LogP) is 3.48. The molecule has 2 aromatic carbocycles. The Morgan fingerprint density at radius 3 is 2.41 bits per heavy atom. The fourth-order valence-corrected chi connectivity index (χ4v) is 2.50. The van der Waals surface area contributed by atoms with Gasteiger partial charge in [0.25, 0.3) is 0 Å². The van der Waals surface area contributed by atoms with Crippen LogP contribution in [0.1, 0.15) is 28.7 Å². The molecule has 0 spiro atoms. The van der Waals surface area contributed by atoms with Crippen LogP contribution in [0.5, 0.6) is 0 Å². The molecule has 1 unspecified atom stereocenters. The molecule has 0 heterocycles. The van der Waals surface area contributed by atoms with E-state index < -0.39 is 5.97 Å². The van der Waals surface area contributed by atoms with Gasteiger partial charge in [-0.15, -0.1) is 0 Å². The van der Waals surface area contributed by atoms with Gasteiger partial charge < -0.3 is 10.4 Å². The SMILES string of the molecule is Cc1ccc(CC(CC(=O)O)NCc2ccccc2)cc1C. The minimum atomic E-state index is -0.769. The van der Waals surface area contributed by atoms with Crippen LogP contribution in [-0.2, 0) is 17.8 Å². The molecule has 22 heavy (non-hydrogen) atoms. The van der Waals surface area contributed by atoms with Gasteiger partial charge in [0.1, 0.15) is 0 Å². The quantitative estimate of drug-likeness (QED) is 0.822. The lowest BCUT2D eigenvalue weighted by Gasteiger charge is -2.18. The molecule has 1 atom stereocenters. The monoisotopic (exact) mass is 297 g/mol. The molecule has 0 saturated carbocycles. The molecule has 0 amide bonds. The van der Waals surface area contributed by atoms with Gasteiger partial charge in [0, 0.05) is 12.6 Å². The molecule has 0 fully saturated rings. The first-order chi connectivity index (χ1) is 10.5. The largest absolute Gasteiger partial charge is 0.481 e. The third-order valence-corrected chi connectivity index (χ3v) is 3.91. The summed E-state index contributed by atoms with van der Waals surface area (Å²) in [5.74, 6) is -0.769. The molecule has 116 valence electrons. The third-order valence-electron chi connectivity index (χ3n) is 3.91. The van der Waals surface area contributed by atoms with Crippen LogP contribution in [0.25, 0.3) is 0 Å². The minimum Gasteiger partial charge on any atom is -0.481 e. The molecule has 0 aliphatic rings. The number of rotatable bonds is 7. The van der Waals surface area contributed by atoms with Gasteiger partial charge in [0.2, 0.25) is 0 Å². The fraction of sp³-hybridized carbons (Fsp3) is 0.316. The van der Waals surface area contributed by atoms with Crippen LogP contribution < -0.4 is 5.32 Å². The predicted molar refractivity (Wildman–Crippen MR) is 88.9 cm³/mol. The number of carboxylic acid groups (broad SMARTS) is 1. The van der Waals surface area contributed by atoms with E-state index in [4.69, 9.17) is 5.11 Å². The highest BCUT2D eigenvalue weighted by molar-refractivity contribution is 5.67. The van der Waals surface area contributed by atoms with Crippen molar-refractivity contribution in [1.29, 1.82) is 0 Å². The molecule has 2 rings (SSSR count). The standard InChI is InChI=1S/C19H23NO2/c1-14-8-9-17(10-15(14)2)11-18(12-19(21)22)20-13-16-6-4-3-5-7-16/h3-10,18,20H,11-13H2,1-2H3,(H,21,22). The van der Waals surface area contributed by atoms with Crippen LogP contribution in [0.2, 0.25) is 0 Å². The van der Waals surface area contributed by atoms with E-state index >= 15 is 0 Å². The topological polar surface area (TPSA) is 49.3 Å². The minimum absolute atomic E-state index is 0.0696. The third kappa shape index (κ3) is 5.01. The summed E-state index contributed by atoms with van der Waals surface area (Å²) in [7, 11) is 0. The number of aliphatic carboxylic acids is 1. The number of aryl methyl sites for hydroxylation is 2. The van der Waals surface area contributed by atoms with Crippen molar-refractivity contribution in [1.82, 2.24) is 5.32 Å². The summed E-state index contributed by atoms with van der Waals surface area (Å²) < 4.78 is 0. The molecule has 3 heteroatoms. The van der Waals surface area contributed by atoms with Gasteiger partial charge in [-0.1, -0.05) is 48.5 Å². The van der Waals surface area contributed by atoms with Crippen LogP contribution >= 0.6 is 0 Å². The van der Waals surface area contributed by atoms with Gasteiger partial charge in [0.05, 0.1) is 6.42 Å². The molecule has 0 saturated heterocycles. The Morgan fingerprint density at radius 1 is 1.05 bits per heavy atom. The Labute approximate surface area is 132 Å². The molecule has 0 radical (unpaired) electrons. The van der Waals surface area contributed by atoms with E-state index in [0.717, 1.165) is 12.0 Å². The second-order valence-electron chi connectivity index (χ2n) is 5.78. The summed E-state index contributed by atoms with van der Waals surface area (Å²) in [6.45, 7) is 4.85.